The zero-order valence-electron chi connectivity index (χ0n) is 16.8. The van der Waals surface area contributed by atoms with E-state index in [0.29, 0.717) is 22.4 Å². The van der Waals surface area contributed by atoms with Gasteiger partial charge in [0, 0.05) is 5.56 Å². The molecule has 0 spiro atoms. The van der Waals surface area contributed by atoms with Gasteiger partial charge in [0.15, 0.2) is 5.76 Å². The summed E-state index contributed by atoms with van der Waals surface area (Å²) in [5, 5.41) is 19.0. The highest BCUT2D eigenvalue weighted by atomic mass is 32.2. The summed E-state index contributed by atoms with van der Waals surface area (Å²) < 4.78 is 34.4. The molecule has 0 saturated carbocycles. The zero-order valence-corrected chi connectivity index (χ0v) is 17.7. The van der Waals surface area contributed by atoms with Crippen molar-refractivity contribution in [3.05, 3.63) is 78.4 Å². The number of carboxylic acids is 1. The molecule has 0 aliphatic rings. The summed E-state index contributed by atoms with van der Waals surface area (Å²) in [6.07, 6.45) is 0. The van der Waals surface area contributed by atoms with E-state index in [9.17, 15) is 18.3 Å². The van der Waals surface area contributed by atoms with E-state index >= 15 is 0 Å². The van der Waals surface area contributed by atoms with Gasteiger partial charge >= 0.3 is 5.97 Å². The fourth-order valence-electron chi connectivity index (χ4n) is 3.45. The van der Waals surface area contributed by atoms with Crippen molar-refractivity contribution in [2.75, 3.05) is 7.11 Å². The molecule has 1 heterocycles. The summed E-state index contributed by atoms with van der Waals surface area (Å²) in [5.41, 5.74) is 2.80. The van der Waals surface area contributed by atoms with Gasteiger partial charge in [0.1, 0.15) is 17.0 Å². The highest BCUT2D eigenvalue weighted by Gasteiger charge is 2.25. The van der Waals surface area contributed by atoms with E-state index in [1.54, 1.807) is 24.3 Å². The monoisotopic (exact) mass is 450 g/mol. The van der Waals surface area contributed by atoms with Crippen LogP contribution in [-0.2, 0) is 10.0 Å². The second kappa shape index (κ2) is 8.29. The largest absolute Gasteiger partial charge is 0.495 e. The Balaban J connectivity index is 2.00. The molecule has 0 amide bonds. The first-order chi connectivity index (χ1) is 15.3. The molecule has 9 heteroatoms. The summed E-state index contributed by atoms with van der Waals surface area (Å²) >= 11 is 0. The van der Waals surface area contributed by atoms with Gasteiger partial charge in [0.25, 0.3) is 0 Å². The molecule has 0 aliphatic carbocycles. The summed E-state index contributed by atoms with van der Waals surface area (Å²) in [7, 11) is -2.49. The number of ether oxygens (including phenoxy) is 1. The molecule has 4 rings (SSSR count). The van der Waals surface area contributed by atoms with Crippen molar-refractivity contribution in [2.45, 2.75) is 4.90 Å². The first kappa shape index (κ1) is 21.3. The molecule has 8 nitrogen and oxygen atoms in total. The number of benzene rings is 3. The number of primary sulfonamides is 1. The van der Waals surface area contributed by atoms with Gasteiger partial charge in [-0.05, 0) is 29.8 Å². The van der Waals surface area contributed by atoms with Crippen molar-refractivity contribution in [3.8, 4) is 39.5 Å². The summed E-state index contributed by atoms with van der Waals surface area (Å²) in [4.78, 5) is 11.6. The van der Waals surface area contributed by atoms with E-state index in [0.717, 1.165) is 5.56 Å². The molecule has 0 unspecified atom stereocenters. The molecule has 0 radical (unpaired) electrons. The van der Waals surface area contributed by atoms with Crippen LogP contribution in [0.1, 0.15) is 10.4 Å². The molecular formula is C23H18N2O6S. The smallest absolute Gasteiger partial charge is 0.339 e. The number of nitrogens with two attached hydrogens (primary N) is 1. The number of aromatic carboxylic acids is 1. The molecule has 1 aromatic heterocycles. The van der Waals surface area contributed by atoms with Crippen LogP contribution in [0.15, 0.2) is 82.2 Å². The maximum atomic E-state index is 11.7. The molecule has 4 aromatic rings. The van der Waals surface area contributed by atoms with Gasteiger partial charge < -0.3 is 14.4 Å². The van der Waals surface area contributed by atoms with Crippen molar-refractivity contribution in [3.63, 3.8) is 0 Å². The van der Waals surface area contributed by atoms with Gasteiger partial charge in [0.2, 0.25) is 10.0 Å². The number of aromatic nitrogens is 1. The van der Waals surface area contributed by atoms with E-state index in [2.05, 4.69) is 5.16 Å². The average Bonchev–Trinajstić information content (AvgIpc) is 3.23. The average molecular weight is 450 g/mol. The summed E-state index contributed by atoms with van der Waals surface area (Å²) in [5.74, 6) is -0.740. The highest BCUT2D eigenvalue weighted by molar-refractivity contribution is 7.89. The van der Waals surface area contributed by atoms with Gasteiger partial charge in [0.05, 0.1) is 23.1 Å². The van der Waals surface area contributed by atoms with Crippen LogP contribution in [0.4, 0.5) is 0 Å². The third-order valence-corrected chi connectivity index (χ3v) is 5.83. The number of nitrogens with zero attached hydrogens (tertiary/aromatic N) is 1. The van der Waals surface area contributed by atoms with Crippen LogP contribution in [0, 0.1) is 0 Å². The van der Waals surface area contributed by atoms with Crippen molar-refractivity contribution in [1.82, 2.24) is 5.16 Å². The third kappa shape index (κ3) is 3.86. The lowest BCUT2D eigenvalue weighted by atomic mass is 9.95. The van der Waals surface area contributed by atoms with Crippen molar-refractivity contribution in [2.24, 2.45) is 5.14 Å². The maximum Gasteiger partial charge on any atom is 0.339 e. The standard InChI is InChI=1S/C23H18N2O6S/c1-30-21-17(8-5-9-18(21)23(26)27)22-19(14-10-12-16(13-11-14)32(24,28)29)20(25-31-22)15-6-3-2-4-7-15/h2-13H,1H3,(H,26,27)(H2,24,28,29). The lowest BCUT2D eigenvalue weighted by Crippen LogP contribution is -2.11. The number of para-hydroxylation sites is 1. The molecule has 3 aromatic carbocycles. The van der Waals surface area contributed by atoms with Crippen LogP contribution in [0.25, 0.3) is 33.7 Å². The SMILES string of the molecule is COc1c(C(=O)O)cccc1-c1onc(-c2ccccc2)c1-c1ccc(S(N)(=O)=O)cc1. The Morgan fingerprint density at radius 1 is 0.969 bits per heavy atom. The van der Waals surface area contributed by atoms with E-state index in [4.69, 9.17) is 14.4 Å². The third-order valence-electron chi connectivity index (χ3n) is 4.91. The molecular weight excluding hydrogens is 432 g/mol. The van der Waals surface area contributed by atoms with Gasteiger partial charge in [-0.1, -0.05) is 53.7 Å². The highest BCUT2D eigenvalue weighted by Crippen LogP contribution is 2.44. The van der Waals surface area contributed by atoms with Crippen LogP contribution in [0.5, 0.6) is 5.75 Å². The van der Waals surface area contributed by atoms with Crippen LogP contribution in [0.3, 0.4) is 0 Å². The second-order valence-corrected chi connectivity index (χ2v) is 8.42. The fraction of sp³-hybridized carbons (Fsp3) is 0.0435. The minimum absolute atomic E-state index is 0.0295. The molecule has 0 bridgehead atoms. The van der Waals surface area contributed by atoms with Crippen LogP contribution >= 0.6 is 0 Å². The maximum absolute atomic E-state index is 11.7. The lowest BCUT2D eigenvalue weighted by Gasteiger charge is -2.11. The molecule has 0 saturated heterocycles. The quantitative estimate of drug-likeness (QED) is 0.453. The summed E-state index contributed by atoms with van der Waals surface area (Å²) in [6.45, 7) is 0. The van der Waals surface area contributed by atoms with E-state index < -0.39 is 16.0 Å². The zero-order chi connectivity index (χ0) is 22.9. The first-order valence-corrected chi connectivity index (χ1v) is 10.9. The first-order valence-electron chi connectivity index (χ1n) is 9.40. The number of carboxylic acid groups (broad SMARTS) is 1. The van der Waals surface area contributed by atoms with Crippen molar-refractivity contribution in [1.29, 1.82) is 0 Å². The molecule has 32 heavy (non-hydrogen) atoms. The van der Waals surface area contributed by atoms with Gasteiger partial charge in [-0.25, -0.2) is 18.4 Å². The molecule has 0 aliphatic heterocycles. The molecule has 162 valence electrons. The number of rotatable bonds is 6. The number of methoxy groups -OCH3 is 1. The number of hydrogen-bond donors (Lipinski definition) is 2. The number of sulfonamides is 1. The van der Waals surface area contributed by atoms with Gasteiger partial charge in [-0.15, -0.1) is 0 Å². The summed E-state index contributed by atoms with van der Waals surface area (Å²) in [6, 6.07) is 19.9. The predicted octanol–water partition coefficient (Wildman–Crippen LogP) is 4.03. The number of carbonyl (C=O) groups is 1. The van der Waals surface area contributed by atoms with Crippen LogP contribution < -0.4 is 9.88 Å². The van der Waals surface area contributed by atoms with Crippen LogP contribution in [0.2, 0.25) is 0 Å². The number of hydrogen-bond acceptors (Lipinski definition) is 6. The second-order valence-electron chi connectivity index (χ2n) is 6.86. The van der Waals surface area contributed by atoms with Crippen molar-refractivity contribution >= 4 is 16.0 Å². The Bertz CT molecular complexity index is 1390. The Morgan fingerprint density at radius 3 is 2.25 bits per heavy atom. The Kier molecular flexibility index (Phi) is 5.52. The lowest BCUT2D eigenvalue weighted by molar-refractivity contribution is 0.0693. The molecule has 3 N–H and O–H groups in total. The Labute approximate surface area is 183 Å². The van der Waals surface area contributed by atoms with Gasteiger partial charge in [-0.2, -0.15) is 0 Å². The van der Waals surface area contributed by atoms with Crippen molar-refractivity contribution < 1.29 is 27.6 Å². The Hall–Kier alpha value is -3.95. The molecule has 0 atom stereocenters. The van der Waals surface area contributed by atoms with E-state index in [-0.39, 0.29) is 22.0 Å². The fourth-order valence-corrected chi connectivity index (χ4v) is 3.97. The van der Waals surface area contributed by atoms with E-state index in [1.807, 2.05) is 30.3 Å². The topological polar surface area (TPSA) is 133 Å². The predicted molar refractivity (Wildman–Crippen MR) is 118 cm³/mol. The van der Waals surface area contributed by atoms with Gasteiger partial charge in [-0.3, -0.25) is 0 Å². The minimum Gasteiger partial charge on any atom is -0.495 e. The normalized spacial score (nSPS) is 11.3. The van der Waals surface area contributed by atoms with Crippen LogP contribution in [-0.4, -0.2) is 31.8 Å². The Morgan fingerprint density at radius 2 is 1.66 bits per heavy atom. The van der Waals surface area contributed by atoms with E-state index in [1.165, 1.54) is 25.3 Å². The minimum atomic E-state index is -3.86. The molecule has 0 fully saturated rings.